The number of aliphatic hydroxyl groups excluding tert-OH is 1. The van der Waals surface area contributed by atoms with Crippen LogP contribution in [0.15, 0.2) is 48.2 Å². The Kier molecular flexibility index (Phi) is 11.8. The van der Waals surface area contributed by atoms with Crippen molar-refractivity contribution in [1.29, 1.82) is 0 Å². The number of aliphatic hydroxyl groups is 1. The first-order valence-electron chi connectivity index (χ1n) is 10.2. The zero-order valence-corrected chi connectivity index (χ0v) is 18.3. The van der Waals surface area contributed by atoms with Crippen molar-refractivity contribution >= 4 is 0 Å². The molecule has 0 unspecified atom stereocenters. The highest BCUT2D eigenvalue weighted by atomic mass is 16.6. The van der Waals surface area contributed by atoms with Gasteiger partial charge in [-0.05, 0) is 39.8 Å². The van der Waals surface area contributed by atoms with Gasteiger partial charge in [-0.2, -0.15) is 0 Å². The minimum atomic E-state index is -0.690. The van der Waals surface area contributed by atoms with Gasteiger partial charge in [0.05, 0.1) is 23.4 Å². The molecule has 30 heavy (non-hydrogen) atoms. The van der Waals surface area contributed by atoms with Crippen molar-refractivity contribution in [3.63, 3.8) is 0 Å². The Morgan fingerprint density at radius 1 is 1.47 bits per heavy atom. The molecule has 1 heterocycles. The van der Waals surface area contributed by atoms with E-state index in [1.165, 1.54) is 12.2 Å². The van der Waals surface area contributed by atoms with Crippen LogP contribution in [0.4, 0.5) is 0 Å². The summed E-state index contributed by atoms with van der Waals surface area (Å²) >= 11 is 0. The van der Waals surface area contributed by atoms with E-state index in [1.807, 2.05) is 20.2 Å². The highest BCUT2D eigenvalue weighted by Gasteiger charge is 2.28. The molecule has 0 bridgehead atoms. The molecular formula is C21H36N4O5. The fourth-order valence-electron chi connectivity index (χ4n) is 3.08. The number of nitrogens with zero attached hydrogens (tertiary/aromatic N) is 2. The molecule has 3 atom stereocenters. The van der Waals surface area contributed by atoms with Crippen LogP contribution in [-0.4, -0.2) is 60.1 Å². The largest absolute Gasteiger partial charge is 0.498 e. The van der Waals surface area contributed by atoms with Gasteiger partial charge in [-0.25, -0.2) is 0 Å². The van der Waals surface area contributed by atoms with Crippen molar-refractivity contribution in [2.45, 2.75) is 58.0 Å². The van der Waals surface area contributed by atoms with Crippen LogP contribution in [0.2, 0.25) is 0 Å². The molecule has 0 radical (unpaired) electrons. The van der Waals surface area contributed by atoms with E-state index in [-0.39, 0.29) is 11.8 Å². The average Bonchev–Trinajstić information content (AvgIpc) is 2.68. The standard InChI is InChI=1S/C21H36N4O5/c1-5-19(25(27)28)8-7-16(2)29-12-6-10-23-15-18(22)9-11-24(4)20-13-17(3)30-21(26)14-20/h5,7-8,15,17,20-21,23,26H,1,6,9-14,22H2,2-4H3/b16-7+,18-15-,19-8+/t17-,20+,21-/m1/s1. The number of hydrogen-bond donors (Lipinski definition) is 3. The minimum Gasteiger partial charge on any atom is -0.498 e. The number of ether oxygens (including phenoxy) is 2. The third kappa shape index (κ3) is 10.4. The molecule has 0 saturated carbocycles. The Morgan fingerprint density at radius 2 is 2.20 bits per heavy atom. The molecule has 170 valence electrons. The molecule has 9 heteroatoms. The van der Waals surface area contributed by atoms with E-state index in [4.69, 9.17) is 15.2 Å². The first kappa shape index (κ1) is 25.7. The fraction of sp³-hybridized carbons (Fsp3) is 0.619. The topological polar surface area (TPSA) is 123 Å². The van der Waals surface area contributed by atoms with Gasteiger partial charge in [0, 0.05) is 56.0 Å². The molecule has 0 spiro atoms. The van der Waals surface area contributed by atoms with Gasteiger partial charge in [0.2, 0.25) is 0 Å². The van der Waals surface area contributed by atoms with E-state index in [0.29, 0.717) is 31.4 Å². The van der Waals surface area contributed by atoms with Crippen LogP contribution in [0.3, 0.4) is 0 Å². The van der Waals surface area contributed by atoms with E-state index in [9.17, 15) is 15.2 Å². The number of hydrogen-bond acceptors (Lipinski definition) is 8. The van der Waals surface area contributed by atoms with Crippen molar-refractivity contribution < 1.29 is 19.5 Å². The zero-order chi connectivity index (χ0) is 22.5. The lowest BCUT2D eigenvalue weighted by Gasteiger charge is -2.36. The van der Waals surface area contributed by atoms with Crippen molar-refractivity contribution in [2.24, 2.45) is 5.73 Å². The molecule has 0 aromatic heterocycles. The maximum Gasteiger partial charge on any atom is 0.268 e. The molecule has 1 saturated heterocycles. The predicted molar refractivity (Wildman–Crippen MR) is 117 cm³/mol. The Labute approximate surface area is 179 Å². The molecule has 4 N–H and O–H groups in total. The highest BCUT2D eigenvalue weighted by molar-refractivity contribution is 5.16. The van der Waals surface area contributed by atoms with Gasteiger partial charge in [-0.1, -0.05) is 6.58 Å². The van der Waals surface area contributed by atoms with Crippen molar-refractivity contribution in [3.05, 3.63) is 58.3 Å². The summed E-state index contributed by atoms with van der Waals surface area (Å²) in [6.45, 7) is 9.13. The van der Waals surface area contributed by atoms with E-state index < -0.39 is 11.2 Å². The second-order valence-electron chi connectivity index (χ2n) is 7.46. The Bertz CT molecular complexity index is 637. The van der Waals surface area contributed by atoms with Gasteiger partial charge in [-0.15, -0.1) is 0 Å². The van der Waals surface area contributed by atoms with Crippen molar-refractivity contribution in [2.75, 3.05) is 26.7 Å². The summed E-state index contributed by atoms with van der Waals surface area (Å²) in [5.41, 5.74) is 6.75. The molecular weight excluding hydrogens is 388 g/mol. The third-order valence-electron chi connectivity index (χ3n) is 4.84. The van der Waals surface area contributed by atoms with Crippen LogP contribution >= 0.6 is 0 Å². The van der Waals surface area contributed by atoms with E-state index in [1.54, 1.807) is 13.0 Å². The third-order valence-corrected chi connectivity index (χ3v) is 4.84. The second kappa shape index (κ2) is 13.8. The minimum absolute atomic E-state index is 0.0598. The molecule has 1 fully saturated rings. The Morgan fingerprint density at radius 3 is 2.83 bits per heavy atom. The summed E-state index contributed by atoms with van der Waals surface area (Å²) in [5, 5.41) is 23.6. The van der Waals surface area contributed by atoms with Gasteiger partial charge in [-0.3, -0.25) is 10.1 Å². The lowest BCUT2D eigenvalue weighted by atomic mass is 10.0. The summed E-state index contributed by atoms with van der Waals surface area (Å²) < 4.78 is 10.9. The van der Waals surface area contributed by atoms with E-state index in [0.717, 1.165) is 31.5 Å². The van der Waals surface area contributed by atoms with E-state index in [2.05, 4.69) is 16.8 Å². The molecule has 0 aliphatic carbocycles. The van der Waals surface area contributed by atoms with Crippen molar-refractivity contribution in [3.8, 4) is 0 Å². The summed E-state index contributed by atoms with van der Waals surface area (Å²) in [4.78, 5) is 12.4. The van der Waals surface area contributed by atoms with Gasteiger partial charge < -0.3 is 30.5 Å². The Hall–Kier alpha value is -2.36. The monoisotopic (exact) mass is 424 g/mol. The molecule has 1 rings (SSSR count). The first-order chi connectivity index (χ1) is 14.2. The Balaban J connectivity index is 2.21. The van der Waals surface area contributed by atoms with Gasteiger partial charge in [0.1, 0.15) is 0 Å². The molecule has 0 amide bonds. The van der Waals surface area contributed by atoms with Gasteiger partial charge in [0.25, 0.3) is 5.70 Å². The summed E-state index contributed by atoms with van der Waals surface area (Å²) in [5.74, 6) is 0.599. The maximum atomic E-state index is 10.7. The number of nitrogens with one attached hydrogen (secondary N) is 1. The first-order valence-corrected chi connectivity index (χ1v) is 10.2. The summed E-state index contributed by atoms with van der Waals surface area (Å²) in [7, 11) is 2.04. The average molecular weight is 425 g/mol. The van der Waals surface area contributed by atoms with Gasteiger partial charge in [0.15, 0.2) is 6.29 Å². The van der Waals surface area contributed by atoms with Crippen LogP contribution in [0.25, 0.3) is 0 Å². The van der Waals surface area contributed by atoms with Gasteiger partial charge >= 0.3 is 0 Å². The van der Waals surface area contributed by atoms with Crippen LogP contribution in [-0.2, 0) is 9.47 Å². The summed E-state index contributed by atoms with van der Waals surface area (Å²) in [6, 6.07) is 0.292. The summed E-state index contributed by atoms with van der Waals surface area (Å²) in [6.07, 6.45) is 8.31. The molecule has 9 nitrogen and oxygen atoms in total. The number of nitro groups is 1. The molecule has 0 aromatic rings. The predicted octanol–water partition coefficient (Wildman–Crippen LogP) is 2.24. The normalized spacial score (nSPS) is 23.4. The highest BCUT2D eigenvalue weighted by Crippen LogP contribution is 2.22. The number of allylic oxidation sites excluding steroid dienone is 4. The molecule has 0 aromatic carbocycles. The maximum absolute atomic E-state index is 10.7. The van der Waals surface area contributed by atoms with Crippen LogP contribution in [0.1, 0.15) is 39.5 Å². The SMILES string of the molecule is C=C/C(=C\C=C(/C)OCCCN/C=C(\N)CCN(C)[C@H]1C[C@@H](C)O[C@@H](O)C1)[N+](=O)[O-]. The quantitative estimate of drug-likeness (QED) is 0.135. The van der Waals surface area contributed by atoms with Crippen LogP contribution < -0.4 is 11.1 Å². The number of nitrogens with two attached hydrogens (primary N) is 1. The second-order valence-corrected chi connectivity index (χ2v) is 7.46. The number of rotatable bonds is 13. The van der Waals surface area contributed by atoms with E-state index >= 15 is 0 Å². The lowest BCUT2D eigenvalue weighted by molar-refractivity contribution is -0.418. The lowest BCUT2D eigenvalue weighted by Crippen LogP contribution is -2.43. The fourth-order valence-corrected chi connectivity index (χ4v) is 3.08. The van der Waals surface area contributed by atoms with Crippen LogP contribution in [0.5, 0.6) is 0 Å². The molecule has 1 aliphatic heterocycles. The van der Waals surface area contributed by atoms with Crippen molar-refractivity contribution in [1.82, 2.24) is 10.2 Å². The molecule has 1 aliphatic rings. The van der Waals surface area contributed by atoms with Crippen LogP contribution in [0, 0.1) is 10.1 Å². The smallest absolute Gasteiger partial charge is 0.268 e. The zero-order valence-electron chi connectivity index (χ0n) is 18.3.